The Morgan fingerprint density at radius 3 is 2.54 bits per heavy atom. The van der Waals surface area contributed by atoms with Gasteiger partial charge in [0.25, 0.3) is 5.91 Å². The Morgan fingerprint density at radius 1 is 1.00 bits per heavy atom. The van der Waals surface area contributed by atoms with Crippen LogP contribution in [0.5, 0.6) is 0 Å². The maximum absolute atomic E-state index is 12.8. The van der Waals surface area contributed by atoms with Crippen LogP contribution in [0.15, 0.2) is 59.7 Å². The number of benzene rings is 1. The van der Waals surface area contributed by atoms with Gasteiger partial charge in [0, 0.05) is 49.7 Å². The summed E-state index contributed by atoms with van der Waals surface area (Å²) in [6.45, 7) is 2.96. The first-order valence-electron chi connectivity index (χ1n) is 8.61. The molecule has 1 aliphatic rings. The molecule has 0 spiro atoms. The molecule has 0 bridgehead atoms. The van der Waals surface area contributed by atoms with E-state index < -0.39 is 0 Å². The van der Waals surface area contributed by atoms with Crippen molar-refractivity contribution in [3.05, 3.63) is 60.9 Å². The average molecular weight is 349 g/mol. The molecule has 0 N–H and O–H groups in total. The number of anilines is 1. The van der Waals surface area contributed by atoms with Crippen LogP contribution in [0.3, 0.4) is 0 Å². The third-order valence-corrected chi connectivity index (χ3v) is 4.47. The molecule has 1 aliphatic heterocycles. The standard InChI is InChI=1S/C19H19N5O2/c25-18(16-5-3-15(4-6-16)17-13-20-14-26-17)23-9-2-10-24(12-11-23)19-21-7-1-8-22-19/h1,3-8,13-14H,2,9-12H2. The predicted molar refractivity (Wildman–Crippen MR) is 96.7 cm³/mol. The highest BCUT2D eigenvalue weighted by molar-refractivity contribution is 5.94. The lowest BCUT2D eigenvalue weighted by Crippen LogP contribution is -2.35. The van der Waals surface area contributed by atoms with Crippen LogP contribution in [0.25, 0.3) is 11.3 Å². The van der Waals surface area contributed by atoms with Crippen molar-refractivity contribution in [1.82, 2.24) is 19.9 Å². The van der Waals surface area contributed by atoms with Crippen molar-refractivity contribution in [1.29, 1.82) is 0 Å². The van der Waals surface area contributed by atoms with Crippen molar-refractivity contribution in [2.45, 2.75) is 6.42 Å². The highest BCUT2D eigenvalue weighted by atomic mass is 16.3. The molecule has 26 heavy (non-hydrogen) atoms. The third kappa shape index (κ3) is 3.42. The highest BCUT2D eigenvalue weighted by Crippen LogP contribution is 2.20. The Hall–Kier alpha value is -3.22. The number of nitrogens with zero attached hydrogens (tertiary/aromatic N) is 5. The number of aromatic nitrogens is 3. The van der Waals surface area contributed by atoms with E-state index in [0.29, 0.717) is 17.9 Å². The van der Waals surface area contributed by atoms with Crippen molar-refractivity contribution in [3.63, 3.8) is 0 Å². The molecule has 1 saturated heterocycles. The molecule has 0 atom stereocenters. The number of amides is 1. The molecule has 1 aromatic carbocycles. The van der Waals surface area contributed by atoms with Crippen LogP contribution in [0.1, 0.15) is 16.8 Å². The SMILES string of the molecule is O=C(c1ccc(-c2cnco2)cc1)N1CCCN(c2ncccn2)CC1. The fourth-order valence-electron chi connectivity index (χ4n) is 3.09. The summed E-state index contributed by atoms with van der Waals surface area (Å²) in [6, 6.07) is 9.25. The van der Waals surface area contributed by atoms with Gasteiger partial charge in [0.15, 0.2) is 12.2 Å². The molecule has 2 aromatic heterocycles. The lowest BCUT2D eigenvalue weighted by molar-refractivity contribution is 0.0767. The van der Waals surface area contributed by atoms with Crippen LogP contribution in [0.4, 0.5) is 5.95 Å². The van der Waals surface area contributed by atoms with Gasteiger partial charge in [0.1, 0.15) is 0 Å². The zero-order valence-electron chi connectivity index (χ0n) is 14.3. The van der Waals surface area contributed by atoms with Gasteiger partial charge in [0.2, 0.25) is 5.95 Å². The summed E-state index contributed by atoms with van der Waals surface area (Å²) in [5.74, 6) is 1.46. The molecule has 3 heterocycles. The minimum absolute atomic E-state index is 0.0462. The zero-order valence-corrected chi connectivity index (χ0v) is 14.3. The maximum atomic E-state index is 12.8. The van der Waals surface area contributed by atoms with Crippen LogP contribution >= 0.6 is 0 Å². The average Bonchev–Trinajstić information content (AvgIpc) is 3.13. The van der Waals surface area contributed by atoms with Crippen molar-refractivity contribution < 1.29 is 9.21 Å². The van der Waals surface area contributed by atoms with E-state index >= 15 is 0 Å². The molecular weight excluding hydrogens is 330 g/mol. The summed E-state index contributed by atoms with van der Waals surface area (Å²) in [6.07, 6.45) is 7.43. The van der Waals surface area contributed by atoms with Crippen LogP contribution in [-0.2, 0) is 0 Å². The van der Waals surface area contributed by atoms with Gasteiger partial charge < -0.3 is 14.2 Å². The Morgan fingerprint density at radius 2 is 1.81 bits per heavy atom. The van der Waals surface area contributed by atoms with Crippen molar-refractivity contribution in [2.75, 3.05) is 31.1 Å². The number of hydrogen-bond donors (Lipinski definition) is 0. The van der Waals surface area contributed by atoms with E-state index in [2.05, 4.69) is 19.9 Å². The van der Waals surface area contributed by atoms with E-state index in [4.69, 9.17) is 4.42 Å². The number of rotatable bonds is 3. The third-order valence-electron chi connectivity index (χ3n) is 4.47. The number of hydrogen-bond acceptors (Lipinski definition) is 6. The van der Waals surface area contributed by atoms with Gasteiger partial charge in [-0.1, -0.05) is 12.1 Å². The van der Waals surface area contributed by atoms with Crippen LogP contribution in [0, 0.1) is 0 Å². The molecule has 1 fully saturated rings. The van der Waals surface area contributed by atoms with Gasteiger partial charge >= 0.3 is 0 Å². The maximum Gasteiger partial charge on any atom is 0.253 e. The molecule has 3 aromatic rings. The van der Waals surface area contributed by atoms with Gasteiger partial charge in [0.05, 0.1) is 6.20 Å². The quantitative estimate of drug-likeness (QED) is 0.723. The second kappa shape index (κ2) is 7.35. The molecule has 0 unspecified atom stereocenters. The van der Waals surface area contributed by atoms with Crippen LogP contribution in [0.2, 0.25) is 0 Å². The van der Waals surface area contributed by atoms with Crippen LogP contribution < -0.4 is 4.90 Å². The Bertz CT molecular complexity index is 849. The van der Waals surface area contributed by atoms with E-state index in [1.165, 1.54) is 6.39 Å². The zero-order chi connectivity index (χ0) is 17.8. The number of carbonyl (C=O) groups excluding carboxylic acids is 1. The molecule has 0 aliphatic carbocycles. The lowest BCUT2D eigenvalue weighted by Gasteiger charge is -2.22. The van der Waals surface area contributed by atoms with E-state index in [-0.39, 0.29) is 5.91 Å². The Kier molecular flexibility index (Phi) is 4.59. The minimum Gasteiger partial charge on any atom is -0.444 e. The normalized spacial score (nSPS) is 14.9. The van der Waals surface area contributed by atoms with Crippen molar-refractivity contribution in [3.8, 4) is 11.3 Å². The Balaban J connectivity index is 1.43. The molecule has 4 rings (SSSR count). The van der Waals surface area contributed by atoms with Gasteiger partial charge in [-0.25, -0.2) is 15.0 Å². The smallest absolute Gasteiger partial charge is 0.253 e. The molecule has 0 radical (unpaired) electrons. The summed E-state index contributed by atoms with van der Waals surface area (Å²) in [7, 11) is 0. The van der Waals surface area contributed by atoms with Crippen molar-refractivity contribution >= 4 is 11.9 Å². The number of oxazole rings is 1. The van der Waals surface area contributed by atoms with Gasteiger partial charge in [-0.3, -0.25) is 4.79 Å². The summed E-state index contributed by atoms with van der Waals surface area (Å²) >= 11 is 0. The fourth-order valence-corrected chi connectivity index (χ4v) is 3.09. The summed E-state index contributed by atoms with van der Waals surface area (Å²) in [5.41, 5.74) is 1.58. The summed E-state index contributed by atoms with van der Waals surface area (Å²) in [5, 5.41) is 0. The van der Waals surface area contributed by atoms with Crippen molar-refractivity contribution in [2.24, 2.45) is 0 Å². The first kappa shape index (κ1) is 16.3. The molecule has 7 nitrogen and oxygen atoms in total. The topological polar surface area (TPSA) is 75.4 Å². The minimum atomic E-state index is 0.0462. The molecule has 7 heteroatoms. The van der Waals surface area contributed by atoms with Gasteiger partial charge in [-0.2, -0.15) is 0 Å². The first-order valence-corrected chi connectivity index (χ1v) is 8.61. The highest BCUT2D eigenvalue weighted by Gasteiger charge is 2.21. The van der Waals surface area contributed by atoms with Gasteiger partial charge in [-0.05, 0) is 24.6 Å². The second-order valence-electron chi connectivity index (χ2n) is 6.12. The van der Waals surface area contributed by atoms with Crippen LogP contribution in [-0.4, -0.2) is 51.9 Å². The summed E-state index contributed by atoms with van der Waals surface area (Å²) in [4.78, 5) is 29.4. The van der Waals surface area contributed by atoms with E-state index in [0.717, 1.165) is 37.6 Å². The number of carbonyl (C=O) groups is 1. The van der Waals surface area contributed by atoms with Gasteiger partial charge in [-0.15, -0.1) is 0 Å². The molecule has 132 valence electrons. The van der Waals surface area contributed by atoms with E-state index in [9.17, 15) is 4.79 Å². The molecule has 0 saturated carbocycles. The van der Waals surface area contributed by atoms with E-state index in [1.807, 2.05) is 29.2 Å². The molecular formula is C19H19N5O2. The Labute approximate surface area is 151 Å². The predicted octanol–water partition coefficient (Wildman–Crippen LogP) is 2.48. The second-order valence-corrected chi connectivity index (χ2v) is 6.12. The fraction of sp³-hybridized carbons (Fsp3) is 0.263. The lowest BCUT2D eigenvalue weighted by atomic mass is 10.1. The summed E-state index contributed by atoms with van der Waals surface area (Å²) < 4.78 is 5.28. The largest absolute Gasteiger partial charge is 0.444 e. The van der Waals surface area contributed by atoms with E-state index in [1.54, 1.807) is 24.7 Å². The molecule has 1 amide bonds. The first-order chi connectivity index (χ1) is 12.8. The monoisotopic (exact) mass is 349 g/mol.